The Hall–Kier alpha value is -3.70. The Labute approximate surface area is 222 Å². The van der Waals surface area contributed by atoms with Gasteiger partial charge < -0.3 is 15.2 Å². The highest BCUT2D eigenvalue weighted by atomic mass is 35.5. The molecule has 0 saturated carbocycles. The lowest BCUT2D eigenvalue weighted by Gasteiger charge is -2.13. The monoisotopic (exact) mass is 559 g/mol. The number of nitrogens with zero attached hydrogens (tertiary/aromatic N) is 2. The molecular weight excluding hydrogens is 541 g/mol. The second-order valence-electron chi connectivity index (χ2n) is 7.84. The van der Waals surface area contributed by atoms with Gasteiger partial charge in [0.2, 0.25) is 0 Å². The first kappa shape index (κ1) is 26.4. The number of aromatic hydroxyl groups is 1. The summed E-state index contributed by atoms with van der Waals surface area (Å²) in [5, 5.41) is 23.2. The summed E-state index contributed by atoms with van der Waals surface area (Å²) in [6.07, 6.45) is 0. The number of benzene rings is 4. The van der Waals surface area contributed by atoms with Crippen LogP contribution in [-0.4, -0.2) is 31.1 Å². The quantitative estimate of drug-likeness (QED) is 0.170. The second-order valence-corrected chi connectivity index (χ2v) is 10.0. The van der Waals surface area contributed by atoms with Crippen molar-refractivity contribution in [1.29, 1.82) is 0 Å². The Morgan fingerprint density at radius 1 is 0.973 bits per heavy atom. The average molecular weight is 560 g/mol. The first-order valence-corrected chi connectivity index (χ1v) is 12.8. The molecule has 9 nitrogen and oxygen atoms in total. The molecule has 190 valence electrons. The summed E-state index contributed by atoms with van der Waals surface area (Å²) in [6.45, 7) is 1.51. The highest BCUT2D eigenvalue weighted by Crippen LogP contribution is 2.41. The molecule has 0 aliphatic rings. The van der Waals surface area contributed by atoms with Crippen molar-refractivity contribution in [2.45, 2.75) is 11.8 Å². The lowest BCUT2D eigenvalue weighted by atomic mass is 10.0. The third-order valence-electron chi connectivity index (χ3n) is 5.52. The zero-order valence-electron chi connectivity index (χ0n) is 19.4. The van der Waals surface area contributed by atoms with E-state index in [1.165, 1.54) is 32.2 Å². The third-order valence-corrected chi connectivity index (χ3v) is 7.14. The summed E-state index contributed by atoms with van der Waals surface area (Å²) in [6, 6.07) is 15.4. The Balaban J connectivity index is 1.86. The molecule has 1 amide bonds. The average Bonchev–Trinajstić information content (AvgIpc) is 2.86. The maximum absolute atomic E-state index is 13.2. The maximum atomic E-state index is 13.2. The number of carbonyl (C=O) groups excluding carboxylic acids is 1. The van der Waals surface area contributed by atoms with Gasteiger partial charge in [0.05, 0.1) is 23.4 Å². The Morgan fingerprint density at radius 2 is 1.65 bits per heavy atom. The topological polar surface area (TPSA) is 138 Å². The van der Waals surface area contributed by atoms with Crippen LogP contribution in [0.3, 0.4) is 0 Å². The van der Waals surface area contributed by atoms with E-state index in [2.05, 4.69) is 15.5 Å². The van der Waals surface area contributed by atoms with Crippen LogP contribution in [0.4, 0.5) is 17.1 Å². The molecule has 0 fully saturated rings. The van der Waals surface area contributed by atoms with Gasteiger partial charge in [-0.3, -0.25) is 9.35 Å². The summed E-state index contributed by atoms with van der Waals surface area (Å²) in [5.41, 5.74) is 0.0569. The van der Waals surface area contributed by atoms with Gasteiger partial charge in [-0.25, -0.2) is 0 Å². The fraction of sp³-hybridized carbons (Fsp3) is 0.0800. The molecule has 0 aliphatic carbocycles. The fourth-order valence-corrected chi connectivity index (χ4v) is 4.59. The minimum Gasteiger partial charge on any atom is -0.505 e. The number of amides is 1. The third kappa shape index (κ3) is 5.37. The van der Waals surface area contributed by atoms with E-state index in [9.17, 15) is 22.9 Å². The molecule has 0 aliphatic heterocycles. The molecule has 0 radical (unpaired) electrons. The van der Waals surface area contributed by atoms with Crippen molar-refractivity contribution in [1.82, 2.24) is 0 Å². The molecule has 0 spiro atoms. The number of ether oxygens (including phenoxy) is 1. The van der Waals surface area contributed by atoms with Crippen molar-refractivity contribution in [3.8, 4) is 11.5 Å². The number of hydrogen-bond acceptors (Lipinski definition) is 7. The number of anilines is 1. The predicted octanol–water partition coefficient (Wildman–Crippen LogP) is 7.08. The van der Waals surface area contributed by atoms with Crippen LogP contribution in [0, 0.1) is 6.92 Å². The highest BCUT2D eigenvalue weighted by molar-refractivity contribution is 7.86. The van der Waals surface area contributed by atoms with Crippen molar-refractivity contribution < 1.29 is 27.6 Å². The number of azo groups is 1. The molecule has 3 N–H and O–H groups in total. The van der Waals surface area contributed by atoms with Gasteiger partial charge in [-0.15, -0.1) is 10.2 Å². The Morgan fingerprint density at radius 3 is 2.35 bits per heavy atom. The number of hydrogen-bond donors (Lipinski definition) is 3. The van der Waals surface area contributed by atoms with E-state index in [0.717, 1.165) is 6.07 Å². The number of methoxy groups -OCH3 is 1. The molecule has 0 aromatic heterocycles. The van der Waals surface area contributed by atoms with Crippen LogP contribution in [-0.2, 0) is 10.1 Å². The van der Waals surface area contributed by atoms with Crippen molar-refractivity contribution >= 4 is 67.1 Å². The molecule has 0 atom stereocenters. The standard InChI is InChI=1S/C25H19Cl2N3O6S/c1-13-18(26)9-10-21(37(33,34)35)22(13)29-30-23-16-6-4-3-5-14(16)11-17(24(23)31)25(32)28-20-12-15(36-2)7-8-19(20)27/h3-12,31H,1-2H3,(H,28,32)(H,33,34,35). The van der Waals surface area contributed by atoms with Crippen LogP contribution in [0.2, 0.25) is 10.0 Å². The summed E-state index contributed by atoms with van der Waals surface area (Å²) in [4.78, 5) is 12.7. The van der Waals surface area contributed by atoms with E-state index in [-0.39, 0.29) is 38.2 Å². The number of phenolic OH excluding ortho intramolecular Hbond substituents is 1. The molecule has 0 heterocycles. The molecule has 37 heavy (non-hydrogen) atoms. The van der Waals surface area contributed by atoms with Gasteiger partial charge >= 0.3 is 0 Å². The maximum Gasteiger partial charge on any atom is 0.296 e. The number of nitrogens with one attached hydrogen (secondary N) is 1. The van der Waals surface area contributed by atoms with Crippen molar-refractivity contribution in [2.75, 3.05) is 12.4 Å². The van der Waals surface area contributed by atoms with Gasteiger partial charge in [0.1, 0.15) is 22.0 Å². The molecular formula is C25H19Cl2N3O6S. The van der Waals surface area contributed by atoms with E-state index < -0.39 is 26.7 Å². The number of rotatable bonds is 6. The smallest absolute Gasteiger partial charge is 0.296 e. The van der Waals surface area contributed by atoms with Gasteiger partial charge in [-0.2, -0.15) is 8.42 Å². The van der Waals surface area contributed by atoms with Gasteiger partial charge in [0.15, 0.2) is 5.75 Å². The van der Waals surface area contributed by atoms with Crippen LogP contribution in [0.15, 0.2) is 75.8 Å². The SMILES string of the molecule is COc1ccc(Cl)c(NC(=O)c2cc3ccccc3c(N=Nc3c(S(=O)(=O)O)ccc(Cl)c3C)c2O)c1. The Kier molecular flexibility index (Phi) is 7.37. The molecule has 12 heteroatoms. The van der Waals surface area contributed by atoms with E-state index in [1.807, 2.05) is 0 Å². The van der Waals surface area contributed by atoms with Crippen molar-refractivity contribution in [3.63, 3.8) is 0 Å². The number of phenols is 1. The number of fused-ring (bicyclic) bond motifs is 1. The van der Waals surface area contributed by atoms with E-state index in [4.69, 9.17) is 27.9 Å². The van der Waals surface area contributed by atoms with Crippen LogP contribution in [0.25, 0.3) is 10.8 Å². The van der Waals surface area contributed by atoms with Gasteiger partial charge in [-0.05, 0) is 48.2 Å². The van der Waals surface area contributed by atoms with Crippen LogP contribution in [0.1, 0.15) is 15.9 Å². The summed E-state index contributed by atoms with van der Waals surface area (Å²) < 4.78 is 38.6. The first-order valence-electron chi connectivity index (χ1n) is 10.6. The number of halogens is 2. The fourth-order valence-electron chi connectivity index (χ4n) is 3.59. The molecule has 4 aromatic carbocycles. The van der Waals surface area contributed by atoms with E-state index >= 15 is 0 Å². The molecule has 4 aromatic rings. The Bertz CT molecular complexity index is 1690. The van der Waals surface area contributed by atoms with E-state index in [1.54, 1.807) is 36.4 Å². The minimum absolute atomic E-state index is 0.0966. The van der Waals surface area contributed by atoms with E-state index in [0.29, 0.717) is 16.5 Å². The molecule has 0 bridgehead atoms. The highest BCUT2D eigenvalue weighted by Gasteiger charge is 2.22. The zero-order chi connectivity index (χ0) is 26.9. The normalized spacial score (nSPS) is 11.7. The van der Waals surface area contributed by atoms with Crippen molar-refractivity contribution in [3.05, 3.63) is 81.8 Å². The largest absolute Gasteiger partial charge is 0.505 e. The van der Waals surface area contributed by atoms with Crippen molar-refractivity contribution in [2.24, 2.45) is 10.2 Å². The van der Waals surface area contributed by atoms with Crippen LogP contribution in [0.5, 0.6) is 11.5 Å². The van der Waals surface area contributed by atoms with Gasteiger partial charge in [-0.1, -0.05) is 47.5 Å². The lowest BCUT2D eigenvalue weighted by Crippen LogP contribution is -2.12. The van der Waals surface area contributed by atoms with Gasteiger partial charge in [0.25, 0.3) is 16.0 Å². The van der Waals surface area contributed by atoms with Gasteiger partial charge in [0, 0.05) is 16.5 Å². The van der Waals surface area contributed by atoms with Crippen LogP contribution < -0.4 is 10.1 Å². The summed E-state index contributed by atoms with van der Waals surface area (Å²) in [7, 11) is -3.19. The second kappa shape index (κ2) is 10.3. The molecule has 0 unspecified atom stereocenters. The summed E-state index contributed by atoms with van der Waals surface area (Å²) >= 11 is 12.3. The minimum atomic E-state index is -4.66. The first-order chi connectivity index (χ1) is 17.5. The van der Waals surface area contributed by atoms with Crippen LogP contribution >= 0.6 is 23.2 Å². The zero-order valence-corrected chi connectivity index (χ0v) is 21.7. The number of carbonyl (C=O) groups is 1. The predicted molar refractivity (Wildman–Crippen MR) is 142 cm³/mol. The lowest BCUT2D eigenvalue weighted by molar-refractivity contribution is 0.102. The molecule has 0 saturated heterocycles. The summed E-state index contributed by atoms with van der Waals surface area (Å²) in [5.74, 6) is -0.733. The molecule has 4 rings (SSSR count).